The molecule has 2 rings (SSSR count). The Morgan fingerprint density at radius 2 is 2.11 bits per heavy atom. The molecule has 0 aromatic heterocycles. The molecule has 1 aromatic rings. The van der Waals surface area contributed by atoms with Crippen LogP contribution in [0.3, 0.4) is 0 Å². The first-order chi connectivity index (χ1) is 8.51. The van der Waals surface area contributed by atoms with E-state index in [0.29, 0.717) is 6.04 Å². The van der Waals surface area contributed by atoms with E-state index in [1.807, 2.05) is 0 Å². The highest BCUT2D eigenvalue weighted by atomic mass is 16.5. The number of hydrogen-bond donors (Lipinski definition) is 1. The molecule has 0 saturated carbocycles. The zero-order valence-electron chi connectivity index (χ0n) is 12.3. The largest absolute Gasteiger partial charge is 0.496 e. The minimum absolute atomic E-state index is 0.193. The average molecular weight is 247 g/mol. The SMILES string of the molecule is CCCNC1CC(C)(C)c2c(OC)ccc(C)c21. The van der Waals surface area contributed by atoms with Crippen molar-refractivity contribution < 1.29 is 4.74 Å². The van der Waals surface area contributed by atoms with Crippen molar-refractivity contribution >= 4 is 0 Å². The standard InChI is InChI=1S/C16H25NO/c1-6-9-17-12-10-16(3,4)15-13(18-5)8-7-11(2)14(12)15/h7-8,12,17H,6,9-10H2,1-5H3. The Balaban J connectivity index is 2.48. The fraction of sp³-hybridized carbons (Fsp3) is 0.625. The Bertz CT molecular complexity index is 437. The lowest BCUT2D eigenvalue weighted by Gasteiger charge is -2.21. The number of hydrogen-bond acceptors (Lipinski definition) is 2. The van der Waals surface area contributed by atoms with Crippen LogP contribution in [0.15, 0.2) is 12.1 Å². The number of methoxy groups -OCH3 is 1. The van der Waals surface area contributed by atoms with Gasteiger partial charge in [0.1, 0.15) is 5.75 Å². The number of aryl methyl sites for hydroxylation is 1. The van der Waals surface area contributed by atoms with Gasteiger partial charge in [-0.25, -0.2) is 0 Å². The van der Waals surface area contributed by atoms with Crippen molar-refractivity contribution in [1.29, 1.82) is 0 Å². The van der Waals surface area contributed by atoms with Gasteiger partial charge >= 0.3 is 0 Å². The van der Waals surface area contributed by atoms with Gasteiger partial charge in [0.25, 0.3) is 0 Å². The maximum Gasteiger partial charge on any atom is 0.122 e. The molecule has 1 aliphatic rings. The summed E-state index contributed by atoms with van der Waals surface area (Å²) < 4.78 is 5.57. The maximum absolute atomic E-state index is 5.57. The van der Waals surface area contributed by atoms with Crippen molar-refractivity contribution in [3.05, 3.63) is 28.8 Å². The van der Waals surface area contributed by atoms with Gasteiger partial charge in [-0.2, -0.15) is 0 Å². The van der Waals surface area contributed by atoms with Gasteiger partial charge in [-0.3, -0.25) is 0 Å². The normalized spacial score (nSPS) is 20.8. The van der Waals surface area contributed by atoms with Crippen molar-refractivity contribution in [2.24, 2.45) is 0 Å². The van der Waals surface area contributed by atoms with E-state index in [1.165, 1.54) is 23.1 Å². The van der Waals surface area contributed by atoms with E-state index < -0.39 is 0 Å². The third kappa shape index (κ3) is 2.14. The second-order valence-corrected chi connectivity index (χ2v) is 5.97. The van der Waals surface area contributed by atoms with Gasteiger partial charge in [0.2, 0.25) is 0 Å². The third-order valence-corrected chi connectivity index (χ3v) is 4.03. The molecular weight excluding hydrogens is 222 g/mol. The second kappa shape index (κ2) is 4.93. The smallest absolute Gasteiger partial charge is 0.122 e. The van der Waals surface area contributed by atoms with Crippen molar-refractivity contribution in [3.8, 4) is 5.75 Å². The molecule has 2 heteroatoms. The second-order valence-electron chi connectivity index (χ2n) is 5.97. The highest BCUT2D eigenvalue weighted by Crippen LogP contribution is 2.49. The van der Waals surface area contributed by atoms with Crippen LogP contribution in [-0.2, 0) is 5.41 Å². The van der Waals surface area contributed by atoms with Crippen molar-refractivity contribution in [2.75, 3.05) is 13.7 Å². The molecule has 0 aliphatic heterocycles. The summed E-state index contributed by atoms with van der Waals surface area (Å²) in [5, 5.41) is 3.68. The van der Waals surface area contributed by atoms with E-state index >= 15 is 0 Å². The van der Waals surface area contributed by atoms with E-state index in [2.05, 4.69) is 45.1 Å². The van der Waals surface area contributed by atoms with Crippen LogP contribution in [0.2, 0.25) is 0 Å². The van der Waals surface area contributed by atoms with Crippen LogP contribution in [0.25, 0.3) is 0 Å². The zero-order chi connectivity index (χ0) is 13.3. The molecule has 1 unspecified atom stereocenters. The van der Waals surface area contributed by atoms with Gasteiger partial charge in [0, 0.05) is 11.6 Å². The first-order valence-corrected chi connectivity index (χ1v) is 6.92. The summed E-state index contributed by atoms with van der Waals surface area (Å²) in [4.78, 5) is 0. The molecule has 0 saturated heterocycles. The number of fused-ring (bicyclic) bond motifs is 1. The van der Waals surface area contributed by atoms with Gasteiger partial charge in [0.15, 0.2) is 0 Å². The summed E-state index contributed by atoms with van der Waals surface area (Å²) >= 11 is 0. The van der Waals surface area contributed by atoms with Gasteiger partial charge < -0.3 is 10.1 Å². The predicted molar refractivity (Wildman–Crippen MR) is 76.4 cm³/mol. The highest BCUT2D eigenvalue weighted by molar-refractivity contribution is 5.53. The first-order valence-electron chi connectivity index (χ1n) is 6.92. The third-order valence-electron chi connectivity index (χ3n) is 4.03. The van der Waals surface area contributed by atoms with E-state index in [4.69, 9.17) is 4.74 Å². The summed E-state index contributed by atoms with van der Waals surface area (Å²) in [5.74, 6) is 1.04. The molecule has 0 amide bonds. The van der Waals surface area contributed by atoms with Crippen molar-refractivity contribution in [2.45, 2.75) is 52.0 Å². The van der Waals surface area contributed by atoms with Crippen LogP contribution in [0.1, 0.15) is 56.3 Å². The molecule has 2 nitrogen and oxygen atoms in total. The minimum atomic E-state index is 0.193. The van der Waals surface area contributed by atoms with Gasteiger partial charge in [0.05, 0.1) is 7.11 Å². The number of nitrogens with one attached hydrogen (secondary N) is 1. The summed E-state index contributed by atoms with van der Waals surface area (Å²) in [6.07, 6.45) is 2.33. The number of rotatable bonds is 4. The molecule has 100 valence electrons. The van der Waals surface area contributed by atoms with E-state index in [9.17, 15) is 0 Å². The summed E-state index contributed by atoms with van der Waals surface area (Å²) in [7, 11) is 1.77. The molecule has 0 bridgehead atoms. The quantitative estimate of drug-likeness (QED) is 0.875. The topological polar surface area (TPSA) is 21.3 Å². The molecule has 0 spiro atoms. The predicted octanol–water partition coefficient (Wildman–Crippen LogP) is 3.73. The van der Waals surface area contributed by atoms with Gasteiger partial charge in [-0.1, -0.05) is 26.8 Å². The van der Waals surface area contributed by atoms with Crippen LogP contribution < -0.4 is 10.1 Å². The molecule has 1 N–H and O–H groups in total. The Kier molecular flexibility index (Phi) is 3.67. The Morgan fingerprint density at radius 3 is 2.72 bits per heavy atom. The fourth-order valence-corrected chi connectivity index (χ4v) is 3.23. The van der Waals surface area contributed by atoms with Gasteiger partial charge in [-0.05, 0) is 48.9 Å². The molecular formula is C16H25NO. The van der Waals surface area contributed by atoms with Crippen LogP contribution in [0.4, 0.5) is 0 Å². The molecule has 18 heavy (non-hydrogen) atoms. The van der Waals surface area contributed by atoms with Crippen molar-refractivity contribution in [1.82, 2.24) is 5.32 Å². The van der Waals surface area contributed by atoms with Gasteiger partial charge in [-0.15, -0.1) is 0 Å². The molecule has 1 aromatic carbocycles. The van der Waals surface area contributed by atoms with E-state index in [0.717, 1.165) is 18.7 Å². The molecule has 0 fully saturated rings. The minimum Gasteiger partial charge on any atom is -0.496 e. The summed E-state index contributed by atoms with van der Waals surface area (Å²) in [5.41, 5.74) is 4.44. The summed E-state index contributed by atoms with van der Waals surface area (Å²) in [6.45, 7) is 10.1. The molecule has 1 atom stereocenters. The lowest BCUT2D eigenvalue weighted by Crippen LogP contribution is -2.22. The Morgan fingerprint density at radius 1 is 1.39 bits per heavy atom. The fourth-order valence-electron chi connectivity index (χ4n) is 3.23. The van der Waals surface area contributed by atoms with Crippen LogP contribution in [0.5, 0.6) is 5.75 Å². The molecule has 1 aliphatic carbocycles. The highest BCUT2D eigenvalue weighted by Gasteiger charge is 2.39. The number of ether oxygens (including phenoxy) is 1. The maximum atomic E-state index is 5.57. The van der Waals surface area contributed by atoms with Crippen molar-refractivity contribution in [3.63, 3.8) is 0 Å². The van der Waals surface area contributed by atoms with E-state index in [1.54, 1.807) is 7.11 Å². The monoisotopic (exact) mass is 247 g/mol. The Labute approximate surface area is 111 Å². The number of benzene rings is 1. The average Bonchev–Trinajstić information content (AvgIpc) is 2.60. The lowest BCUT2D eigenvalue weighted by molar-refractivity contribution is 0.386. The van der Waals surface area contributed by atoms with Crippen LogP contribution in [-0.4, -0.2) is 13.7 Å². The lowest BCUT2D eigenvalue weighted by atomic mass is 9.85. The van der Waals surface area contributed by atoms with Crippen LogP contribution >= 0.6 is 0 Å². The Hall–Kier alpha value is -1.02. The zero-order valence-corrected chi connectivity index (χ0v) is 12.3. The van der Waals surface area contributed by atoms with Crippen LogP contribution in [0, 0.1) is 6.92 Å². The first kappa shape index (κ1) is 13.4. The van der Waals surface area contributed by atoms with E-state index in [-0.39, 0.29) is 5.41 Å². The molecule has 0 radical (unpaired) electrons. The molecule has 0 heterocycles. The summed E-state index contributed by atoms with van der Waals surface area (Å²) in [6, 6.07) is 4.77.